The van der Waals surface area contributed by atoms with Gasteiger partial charge in [-0.15, -0.1) is 0 Å². The van der Waals surface area contributed by atoms with Crippen LogP contribution in [-0.2, 0) is 4.79 Å². The molecule has 7 heteroatoms. The molecule has 0 spiro atoms. The van der Waals surface area contributed by atoms with Gasteiger partial charge in [-0.2, -0.15) is 0 Å². The first-order chi connectivity index (χ1) is 17.5. The SMILES string of the molecule is O=C(CC1CCCC1)N[C@@H](CCN1CC2CN(C(=O)c3c(F)cccc3Cl)CC2C1)c1ccccc1. The van der Waals surface area contributed by atoms with Crippen molar-refractivity contribution >= 4 is 23.4 Å². The fraction of sp³-hybridized carbons (Fsp3) is 0.517. The second-order valence-corrected chi connectivity index (χ2v) is 11.2. The number of nitrogens with one attached hydrogen (secondary N) is 1. The minimum absolute atomic E-state index is 0.00168. The van der Waals surface area contributed by atoms with Gasteiger partial charge >= 0.3 is 0 Å². The fourth-order valence-electron chi connectivity index (χ4n) is 6.35. The smallest absolute Gasteiger partial charge is 0.258 e. The lowest BCUT2D eigenvalue weighted by molar-refractivity contribution is -0.122. The van der Waals surface area contributed by atoms with Gasteiger partial charge in [0.25, 0.3) is 5.91 Å². The monoisotopic (exact) mass is 511 g/mol. The molecule has 1 saturated carbocycles. The summed E-state index contributed by atoms with van der Waals surface area (Å²) in [5.41, 5.74) is 1.13. The van der Waals surface area contributed by atoms with Crippen LogP contribution in [0.4, 0.5) is 4.39 Å². The Bertz CT molecular complexity index is 1040. The normalized spacial score (nSPS) is 23.1. The van der Waals surface area contributed by atoms with Crippen LogP contribution in [0.15, 0.2) is 48.5 Å². The number of nitrogens with zero attached hydrogens (tertiary/aromatic N) is 2. The number of hydrogen-bond donors (Lipinski definition) is 1. The van der Waals surface area contributed by atoms with Crippen molar-refractivity contribution in [3.8, 4) is 0 Å². The third-order valence-corrected chi connectivity index (χ3v) is 8.56. The molecule has 2 aliphatic heterocycles. The van der Waals surface area contributed by atoms with Crippen molar-refractivity contribution in [3.05, 3.63) is 70.5 Å². The average molecular weight is 512 g/mol. The molecule has 3 fully saturated rings. The van der Waals surface area contributed by atoms with Crippen LogP contribution in [0, 0.1) is 23.6 Å². The standard InChI is InChI=1S/C29H35ClFN3O2/c30-24-11-6-12-25(31)28(24)29(36)34-18-22-16-33(17-23(22)19-34)14-13-26(21-9-2-1-3-10-21)32-27(35)15-20-7-4-5-8-20/h1-3,6,9-12,20,22-23,26H,4-5,7-8,13-19H2,(H,32,35)/t22?,23?,26-/m0/s1. The molecule has 0 aromatic heterocycles. The van der Waals surface area contributed by atoms with Crippen molar-refractivity contribution < 1.29 is 14.0 Å². The molecule has 0 radical (unpaired) electrons. The average Bonchev–Trinajstić information content (AvgIpc) is 3.59. The van der Waals surface area contributed by atoms with Gasteiger partial charge in [-0.05, 0) is 54.7 Å². The van der Waals surface area contributed by atoms with Gasteiger partial charge in [-0.1, -0.05) is 60.8 Å². The maximum Gasteiger partial charge on any atom is 0.258 e. The van der Waals surface area contributed by atoms with E-state index < -0.39 is 5.82 Å². The second kappa shape index (κ2) is 11.3. The Labute approximate surface area is 218 Å². The Hall–Kier alpha value is -2.44. The van der Waals surface area contributed by atoms with Gasteiger partial charge < -0.3 is 15.1 Å². The number of rotatable bonds is 8. The molecule has 2 aromatic rings. The Morgan fingerprint density at radius 1 is 0.972 bits per heavy atom. The molecule has 2 aromatic carbocycles. The molecule has 36 heavy (non-hydrogen) atoms. The molecule has 2 heterocycles. The molecule has 2 amide bonds. The number of amides is 2. The maximum absolute atomic E-state index is 14.3. The van der Waals surface area contributed by atoms with Gasteiger partial charge in [-0.3, -0.25) is 9.59 Å². The summed E-state index contributed by atoms with van der Waals surface area (Å²) in [5, 5.41) is 3.49. The predicted octanol–water partition coefficient (Wildman–Crippen LogP) is 5.31. The zero-order chi connectivity index (χ0) is 25.1. The lowest BCUT2D eigenvalue weighted by atomic mass is 10.0. The first kappa shape index (κ1) is 25.2. The molecular formula is C29H35ClFN3O2. The zero-order valence-corrected chi connectivity index (χ0v) is 21.4. The van der Waals surface area contributed by atoms with E-state index in [1.54, 1.807) is 11.0 Å². The number of hydrogen-bond acceptors (Lipinski definition) is 3. The summed E-state index contributed by atoms with van der Waals surface area (Å²) in [6.45, 7) is 3.98. The van der Waals surface area contributed by atoms with Gasteiger partial charge in [0.1, 0.15) is 5.82 Å². The first-order valence-corrected chi connectivity index (χ1v) is 13.7. The molecule has 0 bridgehead atoms. The Morgan fingerprint density at radius 3 is 2.33 bits per heavy atom. The first-order valence-electron chi connectivity index (χ1n) is 13.3. The Morgan fingerprint density at radius 2 is 1.67 bits per heavy atom. The van der Waals surface area contributed by atoms with E-state index >= 15 is 0 Å². The lowest BCUT2D eigenvalue weighted by Gasteiger charge is -2.25. The molecule has 2 saturated heterocycles. The van der Waals surface area contributed by atoms with Gasteiger partial charge in [0, 0.05) is 39.1 Å². The van der Waals surface area contributed by atoms with E-state index in [1.807, 2.05) is 18.2 Å². The molecule has 2 unspecified atom stereocenters. The van der Waals surface area contributed by atoms with Crippen LogP contribution in [-0.4, -0.2) is 54.3 Å². The summed E-state index contributed by atoms with van der Waals surface area (Å²) in [6, 6.07) is 14.6. The topological polar surface area (TPSA) is 52.7 Å². The van der Waals surface area contributed by atoms with Gasteiger partial charge in [-0.25, -0.2) is 4.39 Å². The van der Waals surface area contributed by atoms with Crippen molar-refractivity contribution in [2.24, 2.45) is 17.8 Å². The molecule has 3 atom stereocenters. The van der Waals surface area contributed by atoms with Crippen LogP contribution in [0.2, 0.25) is 5.02 Å². The van der Waals surface area contributed by atoms with E-state index in [0.717, 1.165) is 31.6 Å². The molecule has 5 rings (SSSR count). The lowest BCUT2D eigenvalue weighted by Crippen LogP contribution is -2.36. The predicted molar refractivity (Wildman–Crippen MR) is 139 cm³/mol. The highest BCUT2D eigenvalue weighted by Gasteiger charge is 2.42. The molecule has 5 nitrogen and oxygen atoms in total. The fourth-order valence-corrected chi connectivity index (χ4v) is 6.59. The van der Waals surface area contributed by atoms with Crippen LogP contribution in [0.25, 0.3) is 0 Å². The summed E-state index contributed by atoms with van der Waals surface area (Å²) in [4.78, 5) is 30.0. The highest BCUT2D eigenvalue weighted by Crippen LogP contribution is 2.34. The number of carbonyl (C=O) groups excluding carboxylic acids is 2. The number of likely N-dealkylation sites (tertiary alicyclic amines) is 2. The van der Waals surface area contributed by atoms with Crippen molar-refractivity contribution in [2.75, 3.05) is 32.7 Å². The minimum atomic E-state index is -0.562. The highest BCUT2D eigenvalue weighted by atomic mass is 35.5. The number of halogens is 2. The van der Waals surface area contributed by atoms with Crippen molar-refractivity contribution in [1.82, 2.24) is 15.1 Å². The van der Waals surface area contributed by atoms with Gasteiger partial charge in [0.2, 0.25) is 5.91 Å². The molecular weight excluding hydrogens is 477 g/mol. The molecule has 1 aliphatic carbocycles. The van der Waals surface area contributed by atoms with E-state index in [4.69, 9.17) is 11.6 Å². The third kappa shape index (κ3) is 5.76. The molecule has 1 N–H and O–H groups in total. The van der Waals surface area contributed by atoms with Crippen molar-refractivity contribution in [3.63, 3.8) is 0 Å². The third-order valence-electron chi connectivity index (χ3n) is 8.25. The quantitative estimate of drug-likeness (QED) is 0.522. The summed E-state index contributed by atoms with van der Waals surface area (Å²) < 4.78 is 14.3. The van der Waals surface area contributed by atoms with Crippen LogP contribution in [0.5, 0.6) is 0 Å². The summed E-state index contributed by atoms with van der Waals surface area (Å²) >= 11 is 6.13. The van der Waals surface area contributed by atoms with E-state index in [0.29, 0.717) is 37.3 Å². The van der Waals surface area contributed by atoms with Crippen molar-refractivity contribution in [1.29, 1.82) is 0 Å². The number of carbonyl (C=O) groups is 2. The molecule has 3 aliphatic rings. The second-order valence-electron chi connectivity index (χ2n) is 10.8. The van der Waals surface area contributed by atoms with Crippen LogP contribution >= 0.6 is 11.6 Å². The number of fused-ring (bicyclic) bond motifs is 1. The van der Waals surface area contributed by atoms with E-state index in [2.05, 4.69) is 22.3 Å². The highest BCUT2D eigenvalue weighted by molar-refractivity contribution is 6.33. The zero-order valence-electron chi connectivity index (χ0n) is 20.7. The van der Waals surface area contributed by atoms with Crippen LogP contribution < -0.4 is 5.32 Å². The van der Waals surface area contributed by atoms with E-state index in [-0.39, 0.29) is 28.4 Å². The largest absolute Gasteiger partial charge is 0.349 e. The van der Waals surface area contributed by atoms with Gasteiger partial charge in [0.15, 0.2) is 0 Å². The minimum Gasteiger partial charge on any atom is -0.349 e. The van der Waals surface area contributed by atoms with Crippen LogP contribution in [0.3, 0.4) is 0 Å². The summed E-state index contributed by atoms with van der Waals surface area (Å²) in [5.74, 6) is 0.582. The van der Waals surface area contributed by atoms with Crippen LogP contribution in [0.1, 0.15) is 60.5 Å². The number of benzene rings is 2. The van der Waals surface area contributed by atoms with Crippen molar-refractivity contribution in [2.45, 2.75) is 44.6 Å². The Kier molecular flexibility index (Phi) is 7.92. The van der Waals surface area contributed by atoms with E-state index in [1.165, 1.54) is 37.8 Å². The molecule has 192 valence electrons. The summed E-state index contributed by atoms with van der Waals surface area (Å²) in [6.07, 6.45) is 6.31. The van der Waals surface area contributed by atoms with Gasteiger partial charge in [0.05, 0.1) is 16.6 Å². The summed E-state index contributed by atoms with van der Waals surface area (Å²) in [7, 11) is 0. The Balaban J connectivity index is 1.15. The maximum atomic E-state index is 14.3. The van der Waals surface area contributed by atoms with E-state index in [9.17, 15) is 14.0 Å².